The van der Waals surface area contributed by atoms with Gasteiger partial charge in [0.2, 0.25) is 0 Å². The van der Waals surface area contributed by atoms with Crippen LogP contribution in [0.25, 0.3) is 0 Å². The molecule has 1 heterocycles. The Hall–Kier alpha value is -3.01. The number of amides is 1. The van der Waals surface area contributed by atoms with Gasteiger partial charge >= 0.3 is 0 Å². The molecule has 1 atom stereocenters. The number of carbonyl (C=O) groups is 1. The second-order valence-corrected chi connectivity index (χ2v) is 8.22. The Kier molecular flexibility index (Phi) is 7.34. The zero-order chi connectivity index (χ0) is 21.5. The molecule has 1 aromatic heterocycles. The molecule has 3 rings (SSSR count). The Morgan fingerprint density at radius 1 is 1.00 bits per heavy atom. The molecule has 0 saturated heterocycles. The fourth-order valence-corrected chi connectivity index (χ4v) is 3.49. The van der Waals surface area contributed by atoms with Crippen LogP contribution in [-0.2, 0) is 17.9 Å². The monoisotopic (exact) mass is 404 g/mol. The molecule has 158 valence electrons. The van der Waals surface area contributed by atoms with Gasteiger partial charge in [0.1, 0.15) is 5.75 Å². The van der Waals surface area contributed by atoms with Crippen LogP contribution in [0.3, 0.4) is 0 Å². The first-order chi connectivity index (χ1) is 14.4. The summed E-state index contributed by atoms with van der Waals surface area (Å²) in [5, 5.41) is 0. The smallest absolute Gasteiger partial charge is 0.261 e. The number of hydrogen-bond donors (Lipinski definition) is 0. The van der Waals surface area contributed by atoms with Gasteiger partial charge in [-0.2, -0.15) is 0 Å². The second kappa shape index (κ2) is 10.1. The first kappa shape index (κ1) is 21.7. The van der Waals surface area contributed by atoms with Crippen LogP contribution in [-0.4, -0.2) is 28.0 Å². The van der Waals surface area contributed by atoms with Crippen LogP contribution in [0, 0.1) is 12.8 Å². The van der Waals surface area contributed by atoms with Gasteiger partial charge in [-0.25, -0.2) is 0 Å². The molecule has 1 amide bonds. The topological polar surface area (TPSA) is 34.5 Å². The van der Waals surface area contributed by atoms with Crippen molar-refractivity contribution in [2.45, 2.75) is 46.8 Å². The Labute approximate surface area is 180 Å². The third-order valence-corrected chi connectivity index (χ3v) is 5.57. The van der Waals surface area contributed by atoms with Gasteiger partial charge in [0, 0.05) is 24.5 Å². The van der Waals surface area contributed by atoms with Crippen LogP contribution in [0.5, 0.6) is 5.75 Å². The predicted octanol–water partition coefficient (Wildman–Crippen LogP) is 5.30. The van der Waals surface area contributed by atoms with Crippen molar-refractivity contribution in [3.8, 4) is 5.75 Å². The molecule has 0 aliphatic heterocycles. The third-order valence-electron chi connectivity index (χ3n) is 5.57. The summed E-state index contributed by atoms with van der Waals surface area (Å²) in [6.45, 7) is 9.91. The van der Waals surface area contributed by atoms with Crippen LogP contribution in [0.1, 0.15) is 37.6 Å². The van der Waals surface area contributed by atoms with Crippen molar-refractivity contribution in [1.82, 2.24) is 9.47 Å². The van der Waals surface area contributed by atoms with E-state index in [-0.39, 0.29) is 18.6 Å². The molecular weight excluding hydrogens is 372 g/mol. The van der Waals surface area contributed by atoms with Gasteiger partial charge in [-0.3, -0.25) is 4.79 Å². The van der Waals surface area contributed by atoms with E-state index in [2.05, 4.69) is 68.8 Å². The van der Waals surface area contributed by atoms with E-state index in [1.54, 1.807) is 0 Å². The number of ether oxygens (including phenoxy) is 1. The van der Waals surface area contributed by atoms with Crippen LogP contribution >= 0.6 is 0 Å². The minimum Gasteiger partial charge on any atom is -0.484 e. The van der Waals surface area contributed by atoms with Gasteiger partial charge in [-0.05, 0) is 49.6 Å². The van der Waals surface area contributed by atoms with Crippen molar-refractivity contribution >= 4 is 5.91 Å². The van der Waals surface area contributed by atoms with Crippen molar-refractivity contribution in [3.05, 3.63) is 89.7 Å². The van der Waals surface area contributed by atoms with Crippen LogP contribution in [0.15, 0.2) is 72.9 Å². The van der Waals surface area contributed by atoms with Gasteiger partial charge in [0.25, 0.3) is 5.91 Å². The maximum atomic E-state index is 13.1. The number of benzene rings is 2. The highest BCUT2D eigenvalue weighted by molar-refractivity contribution is 5.78. The van der Waals surface area contributed by atoms with Crippen molar-refractivity contribution in [3.63, 3.8) is 0 Å². The number of carbonyl (C=O) groups excluding carboxylic acids is 1. The summed E-state index contributed by atoms with van der Waals surface area (Å²) < 4.78 is 7.96. The molecule has 0 aliphatic carbocycles. The van der Waals surface area contributed by atoms with E-state index < -0.39 is 0 Å². The molecule has 0 bridgehead atoms. The molecule has 4 heteroatoms. The van der Waals surface area contributed by atoms with Crippen molar-refractivity contribution in [2.75, 3.05) is 6.61 Å². The van der Waals surface area contributed by atoms with Gasteiger partial charge < -0.3 is 14.2 Å². The number of aromatic nitrogens is 1. The van der Waals surface area contributed by atoms with E-state index >= 15 is 0 Å². The van der Waals surface area contributed by atoms with Crippen LogP contribution in [0.4, 0.5) is 0 Å². The molecule has 3 aromatic rings. The standard InChI is InChI=1S/C26H32N2O2/c1-20(2)22(4)28(26(29)19-30-25-13-6-5-7-14-25)18-24-12-9-15-27(24)17-23-11-8-10-21(3)16-23/h5-16,20,22H,17-19H2,1-4H3/t22-/m0/s1. The number of hydrogen-bond acceptors (Lipinski definition) is 2. The quantitative estimate of drug-likeness (QED) is 0.485. The number of nitrogens with zero attached hydrogens (tertiary/aromatic N) is 2. The molecule has 0 saturated carbocycles. The number of aryl methyl sites for hydroxylation is 1. The Bertz CT molecular complexity index is 946. The molecule has 0 spiro atoms. The lowest BCUT2D eigenvalue weighted by Crippen LogP contribution is -2.43. The molecule has 0 aliphatic rings. The first-order valence-corrected chi connectivity index (χ1v) is 10.6. The van der Waals surface area contributed by atoms with E-state index in [0.717, 1.165) is 12.2 Å². The minimum atomic E-state index is 0.00311. The molecule has 0 fully saturated rings. The molecule has 0 unspecified atom stereocenters. The molecule has 2 aromatic carbocycles. The number of rotatable bonds is 9. The normalized spacial score (nSPS) is 12.0. The van der Waals surface area contributed by atoms with Gasteiger partial charge in [0.15, 0.2) is 6.61 Å². The minimum absolute atomic E-state index is 0.00311. The lowest BCUT2D eigenvalue weighted by atomic mass is 10.0. The SMILES string of the molecule is Cc1cccc(Cn2cccc2CN(C(=O)COc2ccccc2)[C@@H](C)C(C)C)c1. The van der Waals surface area contributed by atoms with Crippen LogP contribution in [0.2, 0.25) is 0 Å². The van der Waals surface area contributed by atoms with Crippen molar-refractivity contribution < 1.29 is 9.53 Å². The predicted molar refractivity (Wildman–Crippen MR) is 122 cm³/mol. The maximum Gasteiger partial charge on any atom is 0.261 e. The Morgan fingerprint density at radius 2 is 1.77 bits per heavy atom. The molecule has 0 radical (unpaired) electrons. The summed E-state index contributed by atoms with van der Waals surface area (Å²) in [4.78, 5) is 15.0. The van der Waals surface area contributed by atoms with Gasteiger partial charge in [0.05, 0.1) is 6.54 Å². The molecule has 4 nitrogen and oxygen atoms in total. The van der Waals surface area contributed by atoms with Crippen LogP contribution < -0.4 is 4.74 Å². The Balaban J connectivity index is 1.74. The molecular formula is C26H32N2O2. The Morgan fingerprint density at radius 3 is 2.47 bits per heavy atom. The van der Waals surface area contributed by atoms with Gasteiger partial charge in [-0.1, -0.05) is 61.9 Å². The average molecular weight is 405 g/mol. The fraction of sp³-hybridized carbons (Fsp3) is 0.346. The summed E-state index contributed by atoms with van der Waals surface area (Å²) in [5.74, 6) is 1.07. The highest BCUT2D eigenvalue weighted by atomic mass is 16.5. The zero-order valence-electron chi connectivity index (χ0n) is 18.4. The summed E-state index contributed by atoms with van der Waals surface area (Å²) in [6.07, 6.45) is 2.08. The van der Waals surface area contributed by atoms with E-state index in [0.29, 0.717) is 18.2 Å². The number of para-hydroxylation sites is 1. The van der Waals surface area contributed by atoms with E-state index in [4.69, 9.17) is 4.74 Å². The van der Waals surface area contributed by atoms with E-state index in [9.17, 15) is 4.79 Å². The highest BCUT2D eigenvalue weighted by Crippen LogP contribution is 2.18. The molecule has 30 heavy (non-hydrogen) atoms. The fourth-order valence-electron chi connectivity index (χ4n) is 3.49. The summed E-state index contributed by atoms with van der Waals surface area (Å²) in [5.41, 5.74) is 3.64. The zero-order valence-corrected chi connectivity index (χ0v) is 18.4. The first-order valence-electron chi connectivity index (χ1n) is 10.6. The van der Waals surface area contributed by atoms with Crippen molar-refractivity contribution in [2.24, 2.45) is 5.92 Å². The maximum absolute atomic E-state index is 13.1. The van der Waals surface area contributed by atoms with Crippen molar-refractivity contribution in [1.29, 1.82) is 0 Å². The van der Waals surface area contributed by atoms with Gasteiger partial charge in [-0.15, -0.1) is 0 Å². The lowest BCUT2D eigenvalue weighted by Gasteiger charge is -2.32. The summed E-state index contributed by atoms with van der Waals surface area (Å²) in [7, 11) is 0. The summed E-state index contributed by atoms with van der Waals surface area (Å²) in [6, 6.07) is 22.3. The lowest BCUT2D eigenvalue weighted by molar-refractivity contribution is -0.137. The summed E-state index contributed by atoms with van der Waals surface area (Å²) >= 11 is 0. The van der Waals surface area contributed by atoms with E-state index in [1.165, 1.54) is 11.1 Å². The largest absolute Gasteiger partial charge is 0.484 e. The molecule has 0 N–H and O–H groups in total. The second-order valence-electron chi connectivity index (χ2n) is 8.22. The highest BCUT2D eigenvalue weighted by Gasteiger charge is 2.24. The average Bonchev–Trinajstić information content (AvgIpc) is 3.17. The van der Waals surface area contributed by atoms with E-state index in [1.807, 2.05) is 41.3 Å². The third kappa shape index (κ3) is 5.76.